The Bertz CT molecular complexity index is 564. The number of hydrogen-bond donors (Lipinski definition) is 1. The van der Waals surface area contributed by atoms with E-state index in [0.717, 1.165) is 16.8 Å². The topological polar surface area (TPSA) is 38.0 Å². The molecule has 5 heteroatoms. The van der Waals surface area contributed by atoms with Gasteiger partial charge in [0.1, 0.15) is 5.15 Å². The monoisotopic (exact) mass is 298 g/mol. The van der Waals surface area contributed by atoms with Crippen molar-refractivity contribution in [3.05, 3.63) is 51.3 Å². The number of rotatable bonds is 4. The average Bonchev–Trinajstić information content (AvgIpc) is 2.63. The highest BCUT2D eigenvalue weighted by atomic mass is 35.5. The van der Waals surface area contributed by atoms with Gasteiger partial charge in [-0.25, -0.2) is 0 Å². The second-order valence-corrected chi connectivity index (χ2v) is 5.41. The summed E-state index contributed by atoms with van der Waals surface area (Å²) in [6.45, 7) is 1.99. The van der Waals surface area contributed by atoms with E-state index in [0.29, 0.717) is 16.6 Å². The number of hydrogen-bond acceptors (Lipinski definition) is 2. The van der Waals surface area contributed by atoms with Crippen molar-refractivity contribution in [2.75, 3.05) is 6.61 Å². The molecule has 1 aromatic heterocycles. The Hall–Kier alpha value is -1.03. The summed E-state index contributed by atoms with van der Waals surface area (Å²) in [6, 6.07) is 7.53. The maximum atomic E-state index is 9.60. The Morgan fingerprint density at radius 1 is 1.26 bits per heavy atom. The molecular formula is C14H16Cl2N2O. The first-order chi connectivity index (χ1) is 9.02. The van der Waals surface area contributed by atoms with E-state index in [2.05, 4.69) is 5.10 Å². The molecule has 102 valence electrons. The highest BCUT2D eigenvalue weighted by Crippen LogP contribution is 2.27. The van der Waals surface area contributed by atoms with Gasteiger partial charge in [-0.05, 0) is 31.0 Å². The van der Waals surface area contributed by atoms with E-state index in [-0.39, 0.29) is 12.5 Å². The molecule has 0 saturated heterocycles. The predicted octanol–water partition coefficient (Wildman–Crippen LogP) is 3.35. The molecule has 2 rings (SSSR count). The fraction of sp³-hybridized carbons (Fsp3) is 0.357. The van der Waals surface area contributed by atoms with Crippen LogP contribution in [0.3, 0.4) is 0 Å². The summed E-state index contributed by atoms with van der Waals surface area (Å²) in [7, 11) is 1.81. The lowest BCUT2D eigenvalue weighted by atomic mass is 9.93. The van der Waals surface area contributed by atoms with Crippen molar-refractivity contribution in [1.29, 1.82) is 0 Å². The van der Waals surface area contributed by atoms with Crippen LogP contribution in [-0.2, 0) is 13.5 Å². The predicted molar refractivity (Wildman–Crippen MR) is 77.9 cm³/mol. The minimum Gasteiger partial charge on any atom is -0.396 e. The first kappa shape index (κ1) is 14.4. The highest BCUT2D eigenvalue weighted by molar-refractivity contribution is 6.30. The SMILES string of the molecule is Cc1nn(C)c(Cl)c1CC(CO)c1ccc(Cl)cc1. The molecule has 0 amide bonds. The smallest absolute Gasteiger partial charge is 0.130 e. The minimum atomic E-state index is -0.00216. The number of aliphatic hydroxyl groups excluding tert-OH is 1. The quantitative estimate of drug-likeness (QED) is 0.940. The van der Waals surface area contributed by atoms with E-state index >= 15 is 0 Å². The van der Waals surface area contributed by atoms with Crippen LogP contribution >= 0.6 is 23.2 Å². The van der Waals surface area contributed by atoms with Crippen LogP contribution < -0.4 is 0 Å². The molecule has 1 atom stereocenters. The van der Waals surface area contributed by atoms with Gasteiger partial charge in [0.2, 0.25) is 0 Å². The molecule has 19 heavy (non-hydrogen) atoms. The standard InChI is InChI=1S/C14H16Cl2N2O/c1-9-13(14(16)18(2)17-9)7-11(8-19)10-3-5-12(15)6-4-10/h3-6,11,19H,7-8H2,1-2H3. The van der Waals surface area contributed by atoms with E-state index in [4.69, 9.17) is 23.2 Å². The lowest BCUT2D eigenvalue weighted by Gasteiger charge is -2.14. The van der Waals surface area contributed by atoms with Gasteiger partial charge in [0.05, 0.1) is 12.3 Å². The van der Waals surface area contributed by atoms with E-state index in [9.17, 15) is 5.11 Å². The van der Waals surface area contributed by atoms with Crippen molar-refractivity contribution in [3.8, 4) is 0 Å². The van der Waals surface area contributed by atoms with Gasteiger partial charge in [-0.15, -0.1) is 0 Å². The molecule has 3 nitrogen and oxygen atoms in total. The average molecular weight is 299 g/mol. The molecule has 1 aromatic carbocycles. The first-order valence-corrected chi connectivity index (χ1v) is 6.82. The van der Waals surface area contributed by atoms with E-state index in [1.54, 1.807) is 4.68 Å². The van der Waals surface area contributed by atoms with Gasteiger partial charge in [-0.3, -0.25) is 4.68 Å². The molecule has 0 radical (unpaired) electrons. The summed E-state index contributed by atoms with van der Waals surface area (Å²) < 4.78 is 1.66. The molecular weight excluding hydrogens is 283 g/mol. The molecule has 1 unspecified atom stereocenters. The molecule has 0 aliphatic heterocycles. The Morgan fingerprint density at radius 3 is 2.37 bits per heavy atom. The Kier molecular flexibility index (Phi) is 4.50. The van der Waals surface area contributed by atoms with Crippen LogP contribution in [0.25, 0.3) is 0 Å². The summed E-state index contributed by atoms with van der Waals surface area (Å²) in [5.41, 5.74) is 2.93. The van der Waals surface area contributed by atoms with Gasteiger partial charge in [-0.2, -0.15) is 5.10 Å². The first-order valence-electron chi connectivity index (χ1n) is 6.07. The van der Waals surface area contributed by atoms with Crippen LogP contribution in [0.2, 0.25) is 10.2 Å². The van der Waals surface area contributed by atoms with Crippen molar-refractivity contribution < 1.29 is 5.11 Å². The van der Waals surface area contributed by atoms with Gasteiger partial charge >= 0.3 is 0 Å². The zero-order valence-corrected chi connectivity index (χ0v) is 12.4. The van der Waals surface area contributed by atoms with Crippen LogP contribution in [0.15, 0.2) is 24.3 Å². The summed E-state index contributed by atoms with van der Waals surface area (Å²) in [5.74, 6) is -0.00216. The van der Waals surface area contributed by atoms with Gasteiger partial charge in [-0.1, -0.05) is 35.3 Å². The van der Waals surface area contributed by atoms with E-state index in [1.165, 1.54) is 0 Å². The van der Waals surface area contributed by atoms with Crippen molar-refractivity contribution in [2.45, 2.75) is 19.3 Å². The van der Waals surface area contributed by atoms with Crippen LogP contribution in [0.4, 0.5) is 0 Å². The molecule has 0 fully saturated rings. The van der Waals surface area contributed by atoms with E-state index < -0.39 is 0 Å². The number of aliphatic hydroxyl groups is 1. The van der Waals surface area contributed by atoms with Crippen molar-refractivity contribution in [2.24, 2.45) is 7.05 Å². The Balaban J connectivity index is 2.26. The van der Waals surface area contributed by atoms with Crippen LogP contribution in [0, 0.1) is 6.92 Å². The molecule has 0 saturated carbocycles. The Morgan fingerprint density at radius 2 is 1.89 bits per heavy atom. The third-order valence-corrected chi connectivity index (χ3v) is 4.01. The molecule has 1 N–H and O–H groups in total. The zero-order chi connectivity index (χ0) is 14.0. The van der Waals surface area contributed by atoms with Crippen LogP contribution in [-0.4, -0.2) is 21.5 Å². The number of nitrogens with zero attached hydrogens (tertiary/aromatic N) is 2. The normalized spacial score (nSPS) is 12.7. The number of benzene rings is 1. The summed E-state index contributed by atoms with van der Waals surface area (Å²) in [4.78, 5) is 0. The maximum absolute atomic E-state index is 9.60. The molecule has 1 heterocycles. The van der Waals surface area contributed by atoms with Crippen molar-refractivity contribution in [3.63, 3.8) is 0 Å². The maximum Gasteiger partial charge on any atom is 0.130 e. The largest absolute Gasteiger partial charge is 0.396 e. The zero-order valence-electron chi connectivity index (χ0n) is 10.9. The number of aryl methyl sites for hydroxylation is 2. The van der Waals surface area contributed by atoms with Crippen molar-refractivity contribution >= 4 is 23.2 Å². The minimum absolute atomic E-state index is 0.00216. The van der Waals surface area contributed by atoms with Crippen LogP contribution in [0.5, 0.6) is 0 Å². The lowest BCUT2D eigenvalue weighted by molar-refractivity contribution is 0.264. The van der Waals surface area contributed by atoms with Gasteiger partial charge in [0.25, 0.3) is 0 Å². The summed E-state index contributed by atoms with van der Waals surface area (Å²) >= 11 is 12.1. The van der Waals surface area contributed by atoms with Crippen molar-refractivity contribution in [1.82, 2.24) is 9.78 Å². The molecule has 0 spiro atoms. The highest BCUT2D eigenvalue weighted by Gasteiger charge is 2.18. The fourth-order valence-corrected chi connectivity index (χ4v) is 2.55. The molecule has 0 aliphatic carbocycles. The van der Waals surface area contributed by atoms with Gasteiger partial charge in [0, 0.05) is 23.6 Å². The second-order valence-electron chi connectivity index (χ2n) is 4.61. The number of aromatic nitrogens is 2. The fourth-order valence-electron chi connectivity index (χ4n) is 2.17. The molecule has 0 bridgehead atoms. The van der Waals surface area contributed by atoms with Gasteiger partial charge < -0.3 is 5.11 Å². The molecule has 2 aromatic rings. The third-order valence-electron chi connectivity index (χ3n) is 3.28. The summed E-state index contributed by atoms with van der Waals surface area (Å²) in [6.07, 6.45) is 0.663. The number of halogens is 2. The third kappa shape index (κ3) is 3.11. The second kappa shape index (κ2) is 5.95. The molecule has 0 aliphatic rings. The Labute approximate surface area is 122 Å². The van der Waals surface area contributed by atoms with E-state index in [1.807, 2.05) is 38.2 Å². The lowest BCUT2D eigenvalue weighted by Crippen LogP contribution is -2.08. The van der Waals surface area contributed by atoms with Gasteiger partial charge in [0.15, 0.2) is 0 Å². The van der Waals surface area contributed by atoms with Crippen LogP contribution in [0.1, 0.15) is 22.7 Å². The summed E-state index contributed by atoms with van der Waals surface area (Å²) in [5, 5.41) is 15.2.